The number of carboxylic acid groups (broad SMARTS) is 1. The maximum absolute atomic E-state index is 12.8. The quantitative estimate of drug-likeness (QED) is 0.742. The molecule has 1 aromatic carbocycles. The van der Waals surface area contributed by atoms with Crippen LogP contribution in [0.3, 0.4) is 0 Å². The van der Waals surface area contributed by atoms with E-state index >= 15 is 0 Å². The third kappa shape index (κ3) is 3.28. The Balaban J connectivity index is 1.64. The summed E-state index contributed by atoms with van der Waals surface area (Å²) in [6, 6.07) is 11.2. The van der Waals surface area contributed by atoms with Gasteiger partial charge in [-0.1, -0.05) is 43.2 Å². The van der Waals surface area contributed by atoms with E-state index in [4.69, 9.17) is 0 Å². The number of benzene rings is 1. The summed E-state index contributed by atoms with van der Waals surface area (Å²) in [6.45, 7) is 0. The standard InChI is InChI=1S/C20H20N4O3/c25-19(23-16-9-5-4-8-14(16)20(26)27)15-12-22-24-17(10-11-21-18(15)24)13-6-2-1-3-7-13/h1-3,6-7,10-12,14,16H,4-5,8-9H2,(H,23,25)(H,26,27)/t14-,16+/m1/s1. The van der Waals surface area contributed by atoms with Crippen LogP contribution in [0.25, 0.3) is 16.9 Å². The molecule has 0 aliphatic heterocycles. The molecular formula is C20H20N4O3. The Morgan fingerprint density at radius 3 is 2.67 bits per heavy atom. The van der Waals surface area contributed by atoms with E-state index in [2.05, 4.69) is 15.4 Å². The molecule has 1 aliphatic rings. The third-order valence-corrected chi connectivity index (χ3v) is 5.12. The Labute approximate surface area is 156 Å². The molecule has 0 spiro atoms. The number of aliphatic carboxylic acids is 1. The van der Waals surface area contributed by atoms with Crippen LogP contribution in [-0.4, -0.2) is 37.6 Å². The topological polar surface area (TPSA) is 96.6 Å². The van der Waals surface area contributed by atoms with E-state index in [0.717, 1.165) is 24.1 Å². The number of carbonyl (C=O) groups excluding carboxylic acids is 1. The summed E-state index contributed by atoms with van der Waals surface area (Å²) in [5.41, 5.74) is 2.61. The minimum atomic E-state index is -0.857. The second-order valence-corrected chi connectivity index (χ2v) is 6.80. The van der Waals surface area contributed by atoms with Crippen molar-refractivity contribution in [1.29, 1.82) is 0 Å². The highest BCUT2D eigenvalue weighted by Crippen LogP contribution is 2.26. The van der Waals surface area contributed by atoms with Crippen LogP contribution in [-0.2, 0) is 4.79 Å². The fraction of sp³-hybridized carbons (Fsp3) is 0.300. The van der Waals surface area contributed by atoms with Gasteiger partial charge in [-0.2, -0.15) is 5.10 Å². The molecule has 0 saturated heterocycles. The molecule has 2 heterocycles. The van der Waals surface area contributed by atoms with Crippen LogP contribution in [0.15, 0.2) is 48.8 Å². The second-order valence-electron chi connectivity index (χ2n) is 6.80. The summed E-state index contributed by atoms with van der Waals surface area (Å²) in [7, 11) is 0. The molecule has 7 heteroatoms. The predicted octanol–water partition coefficient (Wildman–Crippen LogP) is 2.77. The highest BCUT2D eigenvalue weighted by atomic mass is 16.4. The van der Waals surface area contributed by atoms with Gasteiger partial charge in [0.1, 0.15) is 5.56 Å². The van der Waals surface area contributed by atoms with Gasteiger partial charge in [0.05, 0.1) is 17.8 Å². The van der Waals surface area contributed by atoms with Gasteiger partial charge >= 0.3 is 5.97 Å². The number of fused-ring (bicyclic) bond motifs is 1. The molecule has 4 rings (SSSR count). The van der Waals surface area contributed by atoms with Crippen LogP contribution in [0.4, 0.5) is 0 Å². The lowest BCUT2D eigenvalue weighted by atomic mass is 9.84. The van der Waals surface area contributed by atoms with Gasteiger partial charge in [0, 0.05) is 17.8 Å². The summed E-state index contributed by atoms with van der Waals surface area (Å²) in [5, 5.41) is 16.6. The molecule has 0 bridgehead atoms. The monoisotopic (exact) mass is 364 g/mol. The third-order valence-electron chi connectivity index (χ3n) is 5.12. The summed E-state index contributed by atoms with van der Waals surface area (Å²) in [6.07, 6.45) is 6.19. The molecule has 27 heavy (non-hydrogen) atoms. The van der Waals surface area contributed by atoms with E-state index in [0.29, 0.717) is 24.1 Å². The molecule has 138 valence electrons. The summed E-state index contributed by atoms with van der Waals surface area (Å²) in [5.74, 6) is -1.73. The Bertz CT molecular complexity index is 983. The molecule has 3 aromatic rings. The lowest BCUT2D eigenvalue weighted by Crippen LogP contribution is -2.45. The first-order valence-electron chi connectivity index (χ1n) is 9.07. The molecule has 1 amide bonds. The Morgan fingerprint density at radius 1 is 1.11 bits per heavy atom. The van der Waals surface area contributed by atoms with E-state index in [1.165, 1.54) is 6.20 Å². The zero-order chi connectivity index (χ0) is 18.8. The molecule has 0 unspecified atom stereocenters. The fourth-order valence-corrected chi connectivity index (χ4v) is 3.72. The number of nitrogens with one attached hydrogen (secondary N) is 1. The maximum Gasteiger partial charge on any atom is 0.308 e. The largest absolute Gasteiger partial charge is 0.481 e. The summed E-state index contributed by atoms with van der Waals surface area (Å²) >= 11 is 0. The van der Waals surface area contributed by atoms with E-state index in [9.17, 15) is 14.7 Å². The van der Waals surface area contributed by atoms with Gasteiger partial charge in [-0.15, -0.1) is 0 Å². The van der Waals surface area contributed by atoms with Crippen LogP contribution >= 0.6 is 0 Å². The Kier molecular flexibility index (Phi) is 4.58. The second kappa shape index (κ2) is 7.19. The molecule has 1 saturated carbocycles. The van der Waals surface area contributed by atoms with Crippen LogP contribution in [0, 0.1) is 5.92 Å². The summed E-state index contributed by atoms with van der Waals surface area (Å²) in [4.78, 5) is 28.6. The molecule has 2 atom stereocenters. The van der Waals surface area contributed by atoms with E-state index in [-0.39, 0.29) is 11.9 Å². The lowest BCUT2D eigenvalue weighted by Gasteiger charge is -2.29. The number of carbonyl (C=O) groups is 2. The number of hydrogen-bond acceptors (Lipinski definition) is 4. The number of nitrogens with zero attached hydrogens (tertiary/aromatic N) is 3. The maximum atomic E-state index is 12.8. The molecule has 2 aromatic heterocycles. The highest BCUT2D eigenvalue weighted by molar-refractivity contribution is 6.00. The number of rotatable bonds is 4. The van der Waals surface area contributed by atoms with Crippen molar-refractivity contribution in [2.75, 3.05) is 0 Å². The number of carboxylic acids is 1. The van der Waals surface area contributed by atoms with Crippen molar-refractivity contribution in [3.05, 3.63) is 54.4 Å². The van der Waals surface area contributed by atoms with Crippen molar-refractivity contribution in [2.45, 2.75) is 31.7 Å². The van der Waals surface area contributed by atoms with Crippen LogP contribution < -0.4 is 5.32 Å². The Hall–Kier alpha value is -3.22. The number of aromatic nitrogens is 3. The molecule has 1 aliphatic carbocycles. The first-order chi connectivity index (χ1) is 13.1. The summed E-state index contributed by atoms with van der Waals surface area (Å²) < 4.78 is 1.64. The van der Waals surface area contributed by atoms with E-state index in [1.54, 1.807) is 10.7 Å². The van der Waals surface area contributed by atoms with Crippen molar-refractivity contribution in [1.82, 2.24) is 19.9 Å². The highest BCUT2D eigenvalue weighted by Gasteiger charge is 2.32. The van der Waals surface area contributed by atoms with Crippen molar-refractivity contribution < 1.29 is 14.7 Å². The SMILES string of the molecule is O=C(N[C@H]1CCCC[C@H]1C(=O)O)c1cnn2c(-c3ccccc3)ccnc12. The molecular weight excluding hydrogens is 344 g/mol. The molecule has 1 fully saturated rings. The van der Waals surface area contributed by atoms with Crippen molar-refractivity contribution in [3.8, 4) is 11.3 Å². The minimum absolute atomic E-state index is 0.333. The average molecular weight is 364 g/mol. The van der Waals surface area contributed by atoms with Crippen LogP contribution in [0.2, 0.25) is 0 Å². The van der Waals surface area contributed by atoms with E-state index < -0.39 is 11.9 Å². The average Bonchev–Trinajstić information content (AvgIpc) is 3.13. The molecule has 2 N–H and O–H groups in total. The first-order valence-corrected chi connectivity index (χ1v) is 9.07. The van der Waals surface area contributed by atoms with Gasteiger partial charge in [0.25, 0.3) is 5.91 Å². The van der Waals surface area contributed by atoms with Gasteiger partial charge in [0.2, 0.25) is 0 Å². The van der Waals surface area contributed by atoms with Gasteiger partial charge in [-0.05, 0) is 18.9 Å². The lowest BCUT2D eigenvalue weighted by molar-refractivity contribution is -0.143. The van der Waals surface area contributed by atoms with Crippen LogP contribution in [0.5, 0.6) is 0 Å². The first kappa shape index (κ1) is 17.2. The fourth-order valence-electron chi connectivity index (χ4n) is 3.72. The molecule has 0 radical (unpaired) electrons. The minimum Gasteiger partial charge on any atom is -0.481 e. The van der Waals surface area contributed by atoms with E-state index in [1.807, 2.05) is 36.4 Å². The van der Waals surface area contributed by atoms with Gasteiger partial charge < -0.3 is 10.4 Å². The van der Waals surface area contributed by atoms with Gasteiger partial charge in [-0.25, -0.2) is 9.50 Å². The van der Waals surface area contributed by atoms with Gasteiger partial charge in [0.15, 0.2) is 5.65 Å². The normalized spacial score (nSPS) is 19.7. The zero-order valence-electron chi connectivity index (χ0n) is 14.7. The zero-order valence-corrected chi connectivity index (χ0v) is 14.7. The predicted molar refractivity (Wildman–Crippen MR) is 99.3 cm³/mol. The van der Waals surface area contributed by atoms with Crippen molar-refractivity contribution >= 4 is 17.5 Å². The smallest absolute Gasteiger partial charge is 0.308 e. The number of hydrogen-bond donors (Lipinski definition) is 2. The Morgan fingerprint density at radius 2 is 1.89 bits per heavy atom. The van der Waals surface area contributed by atoms with Gasteiger partial charge in [-0.3, -0.25) is 9.59 Å². The van der Waals surface area contributed by atoms with Crippen LogP contribution in [0.1, 0.15) is 36.0 Å². The van der Waals surface area contributed by atoms with Crippen molar-refractivity contribution in [3.63, 3.8) is 0 Å². The van der Waals surface area contributed by atoms with Crippen molar-refractivity contribution in [2.24, 2.45) is 5.92 Å². The molecule has 7 nitrogen and oxygen atoms in total. The number of amides is 1.